The zero-order chi connectivity index (χ0) is 16.6. The third-order valence-electron chi connectivity index (χ3n) is 3.63. The molecule has 0 unspecified atom stereocenters. The van der Waals surface area contributed by atoms with E-state index < -0.39 is 12.0 Å². The molecule has 1 fully saturated rings. The maximum Gasteiger partial charge on any atom is 0.352 e. The zero-order valence-corrected chi connectivity index (χ0v) is 14.0. The number of thioether (sulfide) groups is 2. The molecule has 0 aromatic carbocycles. The van der Waals surface area contributed by atoms with Gasteiger partial charge in [0.2, 0.25) is 5.91 Å². The van der Waals surface area contributed by atoms with Gasteiger partial charge in [-0.3, -0.25) is 9.69 Å². The highest BCUT2D eigenvalue weighted by Crippen LogP contribution is 2.39. The van der Waals surface area contributed by atoms with Crippen molar-refractivity contribution in [3.05, 3.63) is 47.3 Å². The number of amides is 1. The lowest BCUT2D eigenvalue weighted by molar-refractivity contribution is -0.673. The van der Waals surface area contributed by atoms with Gasteiger partial charge in [0.25, 0.3) is 0 Å². The van der Waals surface area contributed by atoms with Crippen LogP contribution in [0.5, 0.6) is 0 Å². The predicted octanol–water partition coefficient (Wildman–Crippen LogP) is 0.698. The Morgan fingerprint density at radius 2 is 2.39 bits per heavy atom. The lowest BCUT2D eigenvalue weighted by Crippen LogP contribution is -2.68. The molecule has 23 heavy (non-hydrogen) atoms. The van der Waals surface area contributed by atoms with Crippen LogP contribution >= 0.6 is 23.5 Å². The number of aliphatic carboxylic acids is 1. The van der Waals surface area contributed by atoms with Gasteiger partial charge in [-0.2, -0.15) is 0 Å². The Labute approximate surface area is 142 Å². The minimum atomic E-state index is -1.09. The number of hydrogen-bond donors (Lipinski definition) is 2. The number of nitrogens with zero attached hydrogens (tertiary/aromatic N) is 2. The summed E-state index contributed by atoms with van der Waals surface area (Å²) in [6, 6.07) is 3.32. The van der Waals surface area contributed by atoms with E-state index in [2.05, 4.69) is 0 Å². The highest BCUT2D eigenvalue weighted by Gasteiger charge is 2.51. The molecule has 3 rings (SSSR count). The molecule has 0 spiro atoms. The van der Waals surface area contributed by atoms with Crippen molar-refractivity contribution in [1.82, 2.24) is 4.90 Å². The smallest absolute Gasteiger partial charge is 0.352 e. The van der Waals surface area contributed by atoms with E-state index in [0.29, 0.717) is 11.3 Å². The van der Waals surface area contributed by atoms with E-state index in [1.54, 1.807) is 6.08 Å². The van der Waals surface area contributed by atoms with E-state index in [4.69, 9.17) is 5.73 Å². The van der Waals surface area contributed by atoms with Crippen molar-refractivity contribution in [2.45, 2.75) is 16.3 Å². The van der Waals surface area contributed by atoms with Crippen LogP contribution in [-0.2, 0) is 16.6 Å². The molecule has 2 atom stereocenters. The fourth-order valence-corrected chi connectivity index (χ4v) is 4.53. The van der Waals surface area contributed by atoms with E-state index in [0.717, 1.165) is 4.90 Å². The summed E-state index contributed by atoms with van der Waals surface area (Å²) in [7, 11) is 1.94. The summed E-state index contributed by atoms with van der Waals surface area (Å²) in [5.41, 5.74) is 6.41. The van der Waals surface area contributed by atoms with Crippen LogP contribution in [-0.4, -0.2) is 39.1 Å². The van der Waals surface area contributed by atoms with Crippen molar-refractivity contribution >= 4 is 35.4 Å². The van der Waals surface area contributed by atoms with E-state index in [1.165, 1.54) is 28.4 Å². The summed E-state index contributed by atoms with van der Waals surface area (Å²) in [6.07, 6.45) is 5.68. The predicted molar refractivity (Wildman–Crippen MR) is 88.3 cm³/mol. The van der Waals surface area contributed by atoms with Crippen molar-refractivity contribution in [3.8, 4) is 0 Å². The average Bonchev–Trinajstić information content (AvgIpc) is 2.53. The summed E-state index contributed by atoms with van der Waals surface area (Å²) in [6.45, 7) is 0. The number of nitrogens with two attached hydrogens (primary N) is 1. The third-order valence-corrected chi connectivity index (χ3v) is 5.74. The van der Waals surface area contributed by atoms with Gasteiger partial charge >= 0.3 is 5.97 Å². The lowest BCUT2D eigenvalue weighted by Gasteiger charge is -2.47. The second kappa shape index (κ2) is 6.38. The van der Waals surface area contributed by atoms with Gasteiger partial charge in [-0.1, -0.05) is 11.8 Å². The number of carbonyl (C=O) groups is 2. The van der Waals surface area contributed by atoms with Crippen molar-refractivity contribution in [2.24, 2.45) is 12.8 Å². The first kappa shape index (κ1) is 16.1. The number of aryl methyl sites for hydroxylation is 1. The average molecular weight is 350 g/mol. The van der Waals surface area contributed by atoms with Crippen LogP contribution < -0.4 is 10.3 Å². The fourth-order valence-electron chi connectivity index (χ4n) is 2.49. The first-order valence-electron chi connectivity index (χ1n) is 6.94. The number of carboxylic acids is 1. The van der Waals surface area contributed by atoms with Crippen LogP contribution in [0.15, 0.2) is 52.2 Å². The van der Waals surface area contributed by atoms with Gasteiger partial charge in [0.15, 0.2) is 12.4 Å². The van der Waals surface area contributed by atoms with Crippen molar-refractivity contribution in [1.29, 1.82) is 0 Å². The number of aromatic nitrogens is 1. The van der Waals surface area contributed by atoms with Crippen LogP contribution in [0.3, 0.4) is 0 Å². The molecular formula is C15H16N3O3S2+. The van der Waals surface area contributed by atoms with Crippen molar-refractivity contribution in [3.63, 3.8) is 0 Å². The Hall–Kier alpha value is -1.77. The van der Waals surface area contributed by atoms with Crippen LogP contribution in [0.25, 0.3) is 0 Å². The summed E-state index contributed by atoms with van der Waals surface area (Å²) < 4.78 is 1.94. The first-order chi connectivity index (χ1) is 11.0. The largest absolute Gasteiger partial charge is 0.477 e. The zero-order valence-electron chi connectivity index (χ0n) is 12.4. The Kier molecular flexibility index (Phi) is 4.47. The Morgan fingerprint density at radius 1 is 1.61 bits per heavy atom. The number of carbonyl (C=O) groups excluding carboxylic acids is 1. The molecule has 0 radical (unpaired) electrons. The summed E-state index contributed by atoms with van der Waals surface area (Å²) in [5.74, 6) is -0.886. The van der Waals surface area contributed by atoms with E-state index in [1.807, 2.05) is 41.5 Å². The normalized spacial score (nSPS) is 23.9. The maximum atomic E-state index is 11.8. The second-order valence-electron chi connectivity index (χ2n) is 5.24. The summed E-state index contributed by atoms with van der Waals surface area (Å²) in [5, 5.41) is 11.0. The van der Waals surface area contributed by atoms with Crippen LogP contribution in [0, 0.1) is 0 Å². The van der Waals surface area contributed by atoms with Gasteiger partial charge < -0.3 is 10.8 Å². The molecule has 6 nitrogen and oxygen atoms in total. The standard InChI is InChI=1S/C15H15N3O3S2/c1-17-5-2-3-10(7-17)22-6-4-9-8-23-14-11(16)13(19)18(14)12(9)15(20)21/h2-7,11,14H,8,16H2,1H3/p+1/b6-4+/t11-,14-/m1/s1. The van der Waals surface area contributed by atoms with Gasteiger partial charge in [0.05, 0.1) is 4.90 Å². The molecular weight excluding hydrogens is 334 g/mol. The molecule has 120 valence electrons. The molecule has 3 N–H and O–H groups in total. The highest BCUT2D eigenvalue weighted by molar-refractivity contribution is 8.02. The number of rotatable bonds is 4. The Balaban J connectivity index is 1.81. The molecule has 2 aliphatic heterocycles. The highest BCUT2D eigenvalue weighted by atomic mass is 32.2. The number of allylic oxidation sites excluding steroid dienone is 1. The Morgan fingerprint density at radius 3 is 3.09 bits per heavy atom. The quantitative estimate of drug-likeness (QED) is 0.472. The number of β-lactam (4-membered cyclic amide) rings is 1. The van der Waals surface area contributed by atoms with E-state index in [-0.39, 0.29) is 17.0 Å². The number of pyridine rings is 1. The maximum absolute atomic E-state index is 11.8. The molecule has 1 aromatic rings. The van der Waals surface area contributed by atoms with E-state index in [9.17, 15) is 14.7 Å². The molecule has 8 heteroatoms. The number of hydrogen-bond acceptors (Lipinski definition) is 5. The molecule has 0 bridgehead atoms. The van der Waals surface area contributed by atoms with Gasteiger partial charge in [-0.25, -0.2) is 9.36 Å². The van der Waals surface area contributed by atoms with E-state index >= 15 is 0 Å². The van der Waals surface area contributed by atoms with Crippen LogP contribution in [0.1, 0.15) is 0 Å². The minimum absolute atomic E-state index is 0.0518. The fraction of sp³-hybridized carbons (Fsp3) is 0.267. The molecule has 0 aliphatic carbocycles. The molecule has 3 heterocycles. The van der Waals surface area contributed by atoms with Crippen LogP contribution in [0.4, 0.5) is 0 Å². The topological polar surface area (TPSA) is 87.5 Å². The van der Waals surface area contributed by atoms with Gasteiger partial charge in [-0.05, 0) is 23.1 Å². The monoisotopic (exact) mass is 350 g/mol. The van der Waals surface area contributed by atoms with Crippen molar-refractivity contribution in [2.75, 3.05) is 5.75 Å². The molecule has 1 aromatic heterocycles. The molecule has 0 saturated carbocycles. The second-order valence-corrected chi connectivity index (χ2v) is 7.32. The molecule has 1 saturated heterocycles. The van der Waals surface area contributed by atoms with Gasteiger partial charge in [0.1, 0.15) is 24.2 Å². The number of carboxylic acid groups (broad SMARTS) is 1. The first-order valence-corrected chi connectivity index (χ1v) is 8.87. The summed E-state index contributed by atoms with van der Waals surface area (Å²) >= 11 is 2.99. The molecule has 1 amide bonds. The van der Waals surface area contributed by atoms with Gasteiger partial charge in [0, 0.05) is 11.8 Å². The third kappa shape index (κ3) is 3.01. The van der Waals surface area contributed by atoms with Gasteiger partial charge in [-0.15, -0.1) is 11.8 Å². The molecule has 2 aliphatic rings. The number of fused-ring (bicyclic) bond motifs is 1. The van der Waals surface area contributed by atoms with Crippen molar-refractivity contribution < 1.29 is 19.3 Å². The van der Waals surface area contributed by atoms with Crippen LogP contribution in [0.2, 0.25) is 0 Å². The summed E-state index contributed by atoms with van der Waals surface area (Å²) in [4.78, 5) is 25.7. The SMILES string of the molecule is C[n+]1cccc(S/C=C/C2=C(C(=O)O)N3C(=O)[C@@H](N)[C@H]3SC2)c1. The Bertz CT molecular complexity index is 732. The lowest BCUT2D eigenvalue weighted by atomic mass is 10.0. The minimum Gasteiger partial charge on any atom is -0.477 e.